The molecule has 0 radical (unpaired) electrons. The maximum absolute atomic E-state index is 12.2. The summed E-state index contributed by atoms with van der Waals surface area (Å²) in [6.07, 6.45) is 4.88. The summed E-state index contributed by atoms with van der Waals surface area (Å²) >= 11 is 0. The second-order valence-corrected chi connectivity index (χ2v) is 8.14. The van der Waals surface area contributed by atoms with Gasteiger partial charge >= 0.3 is 0 Å². The largest absolute Gasteiger partial charge is 0.455 e. The lowest BCUT2D eigenvalue weighted by molar-refractivity contribution is -0.121. The van der Waals surface area contributed by atoms with E-state index in [0.717, 1.165) is 20.9 Å². The van der Waals surface area contributed by atoms with E-state index in [0.29, 0.717) is 34.4 Å². The van der Waals surface area contributed by atoms with Crippen LogP contribution >= 0.6 is 0 Å². The molecule has 0 N–H and O–H groups in total. The minimum atomic E-state index is -0.434. The molecule has 36 heavy (non-hydrogen) atoms. The van der Waals surface area contributed by atoms with Crippen LogP contribution in [-0.4, -0.2) is 23.6 Å². The molecular weight excluding hydrogens is 460 g/mol. The smallest absolute Gasteiger partial charge is 0.258 e. The van der Waals surface area contributed by atoms with Crippen LogP contribution in [0.5, 0.6) is 23.0 Å². The lowest BCUT2D eigenvalue weighted by Gasteiger charge is -2.21. The molecule has 0 fully saturated rings. The summed E-state index contributed by atoms with van der Waals surface area (Å²) in [4.78, 5) is 50.9. The first-order valence-electron chi connectivity index (χ1n) is 11.1. The van der Waals surface area contributed by atoms with E-state index in [1.165, 1.54) is 24.3 Å². The van der Waals surface area contributed by atoms with Crippen LogP contribution in [0, 0.1) is 13.8 Å². The Labute approximate surface area is 206 Å². The fourth-order valence-corrected chi connectivity index (χ4v) is 3.96. The third-order valence-corrected chi connectivity index (χ3v) is 5.96. The maximum atomic E-state index is 12.2. The molecular formula is C28H20N2O6. The van der Waals surface area contributed by atoms with E-state index in [1.807, 2.05) is 13.8 Å². The van der Waals surface area contributed by atoms with Gasteiger partial charge in [0.25, 0.3) is 23.6 Å². The number of amides is 4. The molecule has 2 aliphatic rings. The van der Waals surface area contributed by atoms with Crippen molar-refractivity contribution in [2.75, 3.05) is 9.80 Å². The third-order valence-electron chi connectivity index (χ3n) is 5.96. The van der Waals surface area contributed by atoms with E-state index in [1.54, 1.807) is 60.7 Å². The quantitative estimate of drug-likeness (QED) is 0.473. The number of imide groups is 2. The van der Waals surface area contributed by atoms with Crippen molar-refractivity contribution in [1.82, 2.24) is 0 Å². The number of hydrogen-bond donors (Lipinski definition) is 0. The van der Waals surface area contributed by atoms with E-state index < -0.39 is 23.6 Å². The predicted molar refractivity (Wildman–Crippen MR) is 132 cm³/mol. The first-order chi connectivity index (χ1) is 17.3. The van der Waals surface area contributed by atoms with Gasteiger partial charge in [-0.15, -0.1) is 0 Å². The Hall–Kier alpha value is -4.98. The monoisotopic (exact) mass is 480 g/mol. The molecule has 3 aromatic rings. The molecule has 0 aromatic heterocycles. The van der Waals surface area contributed by atoms with Crippen LogP contribution in [0.2, 0.25) is 0 Å². The minimum Gasteiger partial charge on any atom is -0.455 e. The normalized spacial score (nSPS) is 14.8. The lowest BCUT2D eigenvalue weighted by Crippen LogP contribution is -2.29. The molecule has 2 heterocycles. The molecule has 4 amide bonds. The van der Waals surface area contributed by atoms with Crippen LogP contribution < -0.4 is 19.3 Å². The molecule has 178 valence electrons. The summed E-state index contributed by atoms with van der Waals surface area (Å²) < 4.78 is 12.3. The van der Waals surface area contributed by atoms with Crippen molar-refractivity contribution < 1.29 is 28.7 Å². The van der Waals surface area contributed by atoms with Crippen molar-refractivity contribution in [2.45, 2.75) is 13.8 Å². The standard InChI is InChI=1S/C28H20N2O6/c1-17-18(2)22(36-24-10-6-4-8-20(24)30-27(33)15-16-28(30)34)12-11-21(17)35-23-9-5-3-7-19(23)29-25(31)13-14-26(29)32/h3-16H,1-2H3. The molecule has 0 bridgehead atoms. The minimum absolute atomic E-state index is 0.345. The van der Waals surface area contributed by atoms with Crippen LogP contribution in [0.25, 0.3) is 0 Å². The Balaban J connectivity index is 1.44. The van der Waals surface area contributed by atoms with Crippen LogP contribution in [0.1, 0.15) is 11.1 Å². The number of benzene rings is 3. The Bertz CT molecular complexity index is 1360. The molecule has 3 aromatic carbocycles. The number of anilines is 2. The van der Waals surface area contributed by atoms with E-state index in [4.69, 9.17) is 9.47 Å². The Morgan fingerprint density at radius 1 is 0.472 bits per heavy atom. The predicted octanol–water partition coefficient (Wildman–Crippen LogP) is 4.75. The van der Waals surface area contributed by atoms with Gasteiger partial charge < -0.3 is 9.47 Å². The van der Waals surface area contributed by atoms with E-state index in [2.05, 4.69) is 0 Å². The highest BCUT2D eigenvalue weighted by atomic mass is 16.5. The van der Waals surface area contributed by atoms with Crippen LogP contribution in [0.15, 0.2) is 85.0 Å². The molecule has 8 heteroatoms. The molecule has 5 rings (SSSR count). The van der Waals surface area contributed by atoms with Crippen molar-refractivity contribution in [3.63, 3.8) is 0 Å². The van der Waals surface area contributed by atoms with Gasteiger partial charge in [-0.3, -0.25) is 19.2 Å². The summed E-state index contributed by atoms with van der Waals surface area (Å²) in [6, 6.07) is 17.0. The number of carbonyl (C=O) groups is 4. The highest BCUT2D eigenvalue weighted by Crippen LogP contribution is 2.40. The summed E-state index contributed by atoms with van der Waals surface area (Å²) in [5.74, 6) is -0.00412. The van der Waals surface area contributed by atoms with E-state index >= 15 is 0 Å². The topological polar surface area (TPSA) is 93.2 Å². The molecule has 0 saturated carbocycles. The van der Waals surface area contributed by atoms with Crippen LogP contribution in [-0.2, 0) is 19.2 Å². The zero-order valence-corrected chi connectivity index (χ0v) is 19.4. The van der Waals surface area contributed by atoms with Gasteiger partial charge in [-0.05, 0) is 61.4 Å². The molecule has 0 aliphatic carbocycles. The summed E-state index contributed by atoms with van der Waals surface area (Å²) in [5, 5.41) is 0. The highest BCUT2D eigenvalue weighted by Gasteiger charge is 2.29. The van der Waals surface area contributed by atoms with E-state index in [-0.39, 0.29) is 0 Å². The van der Waals surface area contributed by atoms with Gasteiger partial charge in [0.15, 0.2) is 11.5 Å². The maximum Gasteiger partial charge on any atom is 0.258 e. The van der Waals surface area contributed by atoms with Gasteiger partial charge in [0.1, 0.15) is 11.5 Å². The van der Waals surface area contributed by atoms with Gasteiger partial charge in [-0.1, -0.05) is 24.3 Å². The van der Waals surface area contributed by atoms with Gasteiger partial charge in [0, 0.05) is 24.3 Å². The molecule has 0 spiro atoms. The first-order valence-corrected chi connectivity index (χ1v) is 11.1. The number of nitrogens with zero attached hydrogens (tertiary/aromatic N) is 2. The van der Waals surface area contributed by atoms with Crippen molar-refractivity contribution in [3.8, 4) is 23.0 Å². The Morgan fingerprint density at radius 3 is 1.17 bits per heavy atom. The number of carbonyl (C=O) groups excluding carboxylic acids is 4. The molecule has 0 atom stereocenters. The molecule has 2 aliphatic heterocycles. The third kappa shape index (κ3) is 3.94. The average Bonchev–Trinajstić information content (AvgIpc) is 3.39. The van der Waals surface area contributed by atoms with Crippen molar-refractivity contribution >= 4 is 35.0 Å². The zero-order chi connectivity index (χ0) is 25.4. The average molecular weight is 480 g/mol. The fourth-order valence-electron chi connectivity index (χ4n) is 3.96. The summed E-state index contributed by atoms with van der Waals surface area (Å²) in [7, 11) is 0. The summed E-state index contributed by atoms with van der Waals surface area (Å²) in [5.41, 5.74) is 2.23. The number of hydrogen-bond acceptors (Lipinski definition) is 6. The molecule has 0 saturated heterocycles. The van der Waals surface area contributed by atoms with Gasteiger partial charge in [0.05, 0.1) is 11.4 Å². The van der Waals surface area contributed by atoms with Gasteiger partial charge in [-0.2, -0.15) is 0 Å². The SMILES string of the molecule is Cc1c(Oc2ccccc2N2C(=O)C=CC2=O)ccc(Oc2ccccc2N2C(=O)C=CC2=O)c1C. The number of para-hydroxylation sites is 4. The van der Waals surface area contributed by atoms with E-state index in [9.17, 15) is 19.2 Å². The Morgan fingerprint density at radius 2 is 0.806 bits per heavy atom. The summed E-state index contributed by atoms with van der Waals surface area (Å²) in [6.45, 7) is 3.72. The first kappa shape index (κ1) is 22.8. The Kier molecular flexibility index (Phi) is 5.69. The molecule has 0 unspecified atom stereocenters. The zero-order valence-electron chi connectivity index (χ0n) is 19.4. The fraction of sp³-hybridized carbons (Fsp3) is 0.0714. The molecule has 8 nitrogen and oxygen atoms in total. The van der Waals surface area contributed by atoms with Crippen molar-refractivity contribution in [1.29, 1.82) is 0 Å². The van der Waals surface area contributed by atoms with Crippen molar-refractivity contribution in [3.05, 3.63) is 96.1 Å². The van der Waals surface area contributed by atoms with Gasteiger partial charge in [0.2, 0.25) is 0 Å². The second kappa shape index (κ2) is 8.99. The highest BCUT2D eigenvalue weighted by molar-refractivity contribution is 6.29. The lowest BCUT2D eigenvalue weighted by atomic mass is 10.1. The number of ether oxygens (including phenoxy) is 2. The number of rotatable bonds is 6. The van der Waals surface area contributed by atoms with Crippen LogP contribution in [0.3, 0.4) is 0 Å². The van der Waals surface area contributed by atoms with Gasteiger partial charge in [-0.25, -0.2) is 9.80 Å². The van der Waals surface area contributed by atoms with Crippen LogP contribution in [0.4, 0.5) is 11.4 Å². The van der Waals surface area contributed by atoms with Crippen molar-refractivity contribution in [2.24, 2.45) is 0 Å². The second-order valence-electron chi connectivity index (χ2n) is 8.14.